The number of hydrogen-bond acceptors (Lipinski definition) is 4. The number of rotatable bonds is 1. The Hall–Kier alpha value is -1.03. The predicted molar refractivity (Wildman–Crippen MR) is 75.5 cm³/mol. The van der Waals surface area contributed by atoms with Gasteiger partial charge in [-0.3, -0.25) is 4.90 Å². The van der Waals surface area contributed by atoms with Gasteiger partial charge in [0.1, 0.15) is 12.3 Å². The molecule has 0 aromatic carbocycles. The number of ether oxygens (including phenoxy) is 1. The largest absolute Gasteiger partial charge is 0.429 e. The van der Waals surface area contributed by atoms with Gasteiger partial charge in [0, 0.05) is 23.3 Å². The second-order valence-electron chi connectivity index (χ2n) is 7.13. The highest BCUT2D eigenvalue weighted by atomic mass is 16.5. The van der Waals surface area contributed by atoms with E-state index in [9.17, 15) is 4.79 Å². The van der Waals surface area contributed by atoms with Gasteiger partial charge >= 0.3 is 5.97 Å². The van der Waals surface area contributed by atoms with Crippen molar-refractivity contribution in [2.45, 2.75) is 64.6 Å². The summed E-state index contributed by atoms with van der Waals surface area (Å²) in [6.45, 7) is 11.3. The average Bonchev–Trinajstić information content (AvgIpc) is 2.23. The molecule has 0 aliphatic carbocycles. The number of hydrogen-bond donors (Lipinski definition) is 0. The molecule has 4 heteroatoms. The lowest BCUT2D eigenvalue weighted by molar-refractivity contribution is -0.144. The summed E-state index contributed by atoms with van der Waals surface area (Å²) in [7, 11) is 2.20. The van der Waals surface area contributed by atoms with Gasteiger partial charge in [0.05, 0.1) is 0 Å². The smallest absolute Gasteiger partial charge is 0.330 e. The molecule has 0 aromatic heterocycles. The highest BCUT2D eigenvalue weighted by Gasteiger charge is 2.45. The molecule has 2 aliphatic heterocycles. The Morgan fingerprint density at radius 1 is 1.21 bits per heavy atom. The second-order valence-corrected chi connectivity index (χ2v) is 7.13. The van der Waals surface area contributed by atoms with Crippen LogP contribution in [-0.4, -0.2) is 46.5 Å². The SMILES string of the molecule is CC1=CN(C2CC(C)(C)N(C)C(C)(C)C2)CC(=O)O1. The van der Waals surface area contributed by atoms with E-state index >= 15 is 0 Å². The van der Waals surface area contributed by atoms with Crippen LogP contribution in [0.25, 0.3) is 0 Å². The van der Waals surface area contributed by atoms with Crippen molar-refractivity contribution in [2.24, 2.45) is 0 Å². The first kappa shape index (κ1) is 14.4. The Labute approximate surface area is 116 Å². The summed E-state index contributed by atoms with van der Waals surface area (Å²) in [6, 6.07) is 0.393. The molecular formula is C15H26N2O2. The number of esters is 1. The molecule has 0 saturated carbocycles. The first-order valence-electron chi connectivity index (χ1n) is 7.01. The van der Waals surface area contributed by atoms with Gasteiger partial charge in [0.15, 0.2) is 0 Å². The van der Waals surface area contributed by atoms with Crippen LogP contribution in [0.4, 0.5) is 0 Å². The fourth-order valence-electron chi connectivity index (χ4n) is 3.45. The number of allylic oxidation sites excluding steroid dienone is 1. The van der Waals surface area contributed by atoms with E-state index in [0.29, 0.717) is 18.3 Å². The molecule has 0 spiro atoms. The van der Waals surface area contributed by atoms with Crippen LogP contribution < -0.4 is 0 Å². The lowest BCUT2D eigenvalue weighted by Crippen LogP contribution is -2.62. The van der Waals surface area contributed by atoms with Crippen LogP contribution in [0.5, 0.6) is 0 Å². The Morgan fingerprint density at radius 3 is 2.21 bits per heavy atom. The normalized spacial score (nSPS) is 28.0. The van der Waals surface area contributed by atoms with E-state index < -0.39 is 0 Å². The van der Waals surface area contributed by atoms with Gasteiger partial charge in [-0.1, -0.05) is 0 Å². The van der Waals surface area contributed by atoms with Crippen molar-refractivity contribution >= 4 is 5.97 Å². The standard InChI is InChI=1S/C15H26N2O2/c1-11-9-17(10-13(18)19-11)12-7-14(2,3)16(6)15(4,5)8-12/h9,12H,7-8,10H2,1-6H3. The average molecular weight is 266 g/mol. The van der Waals surface area contributed by atoms with E-state index in [0.717, 1.165) is 12.8 Å². The molecule has 0 radical (unpaired) electrons. The highest BCUT2D eigenvalue weighted by Crippen LogP contribution is 2.39. The highest BCUT2D eigenvalue weighted by molar-refractivity contribution is 5.73. The topological polar surface area (TPSA) is 32.8 Å². The quantitative estimate of drug-likeness (QED) is 0.682. The number of piperidine rings is 1. The molecule has 2 aliphatic rings. The molecule has 0 aromatic rings. The molecule has 19 heavy (non-hydrogen) atoms. The summed E-state index contributed by atoms with van der Waals surface area (Å²) in [4.78, 5) is 16.2. The second kappa shape index (κ2) is 4.51. The summed E-state index contributed by atoms with van der Waals surface area (Å²) < 4.78 is 5.10. The molecule has 2 heterocycles. The number of carbonyl (C=O) groups excluding carboxylic acids is 1. The monoisotopic (exact) mass is 266 g/mol. The van der Waals surface area contributed by atoms with Crippen LogP contribution in [0.2, 0.25) is 0 Å². The van der Waals surface area contributed by atoms with Gasteiger partial charge in [0.2, 0.25) is 0 Å². The van der Waals surface area contributed by atoms with Gasteiger partial charge in [-0.05, 0) is 54.5 Å². The molecule has 1 saturated heterocycles. The van der Waals surface area contributed by atoms with Crippen LogP contribution in [0.1, 0.15) is 47.5 Å². The number of cyclic esters (lactones) is 1. The molecular weight excluding hydrogens is 240 g/mol. The van der Waals surface area contributed by atoms with Crippen molar-refractivity contribution in [2.75, 3.05) is 13.6 Å². The van der Waals surface area contributed by atoms with Gasteiger partial charge in [-0.2, -0.15) is 0 Å². The van der Waals surface area contributed by atoms with Crippen LogP contribution >= 0.6 is 0 Å². The summed E-state index contributed by atoms with van der Waals surface area (Å²) in [5.74, 6) is 0.556. The maximum absolute atomic E-state index is 11.6. The van der Waals surface area contributed by atoms with Crippen LogP contribution in [0.3, 0.4) is 0 Å². The molecule has 0 amide bonds. The molecule has 0 N–H and O–H groups in total. The molecule has 0 bridgehead atoms. The molecule has 0 unspecified atom stereocenters. The van der Waals surface area contributed by atoms with Crippen molar-refractivity contribution < 1.29 is 9.53 Å². The maximum atomic E-state index is 11.6. The zero-order valence-electron chi connectivity index (χ0n) is 13.0. The maximum Gasteiger partial charge on any atom is 0.330 e. The minimum absolute atomic E-state index is 0.134. The minimum Gasteiger partial charge on any atom is -0.429 e. The van der Waals surface area contributed by atoms with Crippen LogP contribution in [0.15, 0.2) is 12.0 Å². The lowest BCUT2D eigenvalue weighted by atomic mass is 9.77. The zero-order chi connectivity index (χ0) is 14.4. The Bertz CT molecular complexity index is 394. The van der Waals surface area contributed by atoms with Crippen molar-refractivity contribution in [3.8, 4) is 0 Å². The van der Waals surface area contributed by atoms with Gasteiger partial charge in [0.25, 0.3) is 0 Å². The van der Waals surface area contributed by atoms with E-state index in [4.69, 9.17) is 4.74 Å². The summed E-state index contributed by atoms with van der Waals surface area (Å²) in [5, 5.41) is 0. The molecule has 0 atom stereocenters. The van der Waals surface area contributed by atoms with Crippen molar-refractivity contribution in [3.63, 3.8) is 0 Å². The fourth-order valence-corrected chi connectivity index (χ4v) is 3.45. The predicted octanol–water partition coefficient (Wildman–Crippen LogP) is 2.36. The van der Waals surface area contributed by atoms with Crippen molar-refractivity contribution in [1.82, 2.24) is 9.80 Å². The Kier molecular flexibility index (Phi) is 3.42. The van der Waals surface area contributed by atoms with E-state index in [2.05, 4.69) is 44.5 Å². The van der Waals surface area contributed by atoms with E-state index in [1.165, 1.54) is 0 Å². The number of nitrogens with zero attached hydrogens (tertiary/aromatic N) is 2. The van der Waals surface area contributed by atoms with Gasteiger partial charge in [-0.15, -0.1) is 0 Å². The zero-order valence-corrected chi connectivity index (χ0v) is 13.0. The number of likely N-dealkylation sites (tertiary alicyclic amines) is 1. The first-order chi connectivity index (χ1) is 8.62. The Balaban J connectivity index is 2.22. The first-order valence-corrected chi connectivity index (χ1v) is 7.01. The van der Waals surface area contributed by atoms with E-state index in [1.54, 1.807) is 0 Å². The summed E-state index contributed by atoms with van der Waals surface area (Å²) in [6.07, 6.45) is 4.11. The minimum atomic E-state index is -0.144. The van der Waals surface area contributed by atoms with Crippen molar-refractivity contribution in [3.05, 3.63) is 12.0 Å². The number of carbonyl (C=O) groups is 1. The summed E-state index contributed by atoms with van der Waals surface area (Å²) in [5.41, 5.74) is 0.269. The van der Waals surface area contributed by atoms with Crippen LogP contribution in [-0.2, 0) is 9.53 Å². The molecule has 2 rings (SSSR count). The lowest BCUT2D eigenvalue weighted by Gasteiger charge is -2.55. The van der Waals surface area contributed by atoms with Crippen LogP contribution in [0, 0.1) is 0 Å². The molecule has 108 valence electrons. The van der Waals surface area contributed by atoms with Gasteiger partial charge < -0.3 is 9.64 Å². The van der Waals surface area contributed by atoms with Crippen molar-refractivity contribution in [1.29, 1.82) is 0 Å². The van der Waals surface area contributed by atoms with E-state index in [1.807, 2.05) is 13.1 Å². The third-order valence-electron chi connectivity index (χ3n) is 4.69. The van der Waals surface area contributed by atoms with E-state index in [-0.39, 0.29) is 17.0 Å². The third-order valence-corrected chi connectivity index (χ3v) is 4.69. The Morgan fingerprint density at radius 2 is 1.74 bits per heavy atom. The molecule has 4 nitrogen and oxygen atoms in total. The fraction of sp³-hybridized carbons (Fsp3) is 0.800. The van der Waals surface area contributed by atoms with Gasteiger partial charge in [-0.25, -0.2) is 4.79 Å². The summed E-state index contributed by atoms with van der Waals surface area (Å²) >= 11 is 0. The third kappa shape index (κ3) is 2.78. The molecule has 1 fully saturated rings.